The molecule has 0 radical (unpaired) electrons. The monoisotopic (exact) mass is 473 g/mol. The van der Waals surface area contributed by atoms with Crippen molar-refractivity contribution in [2.75, 3.05) is 5.32 Å². The third-order valence-corrected chi connectivity index (χ3v) is 6.37. The summed E-state index contributed by atoms with van der Waals surface area (Å²) in [5.41, 5.74) is 3.79. The van der Waals surface area contributed by atoms with Crippen molar-refractivity contribution in [2.24, 2.45) is 0 Å². The number of thiazole rings is 1. The summed E-state index contributed by atoms with van der Waals surface area (Å²) in [4.78, 5) is 21.7. The van der Waals surface area contributed by atoms with E-state index in [2.05, 4.69) is 21.4 Å². The Hall–Kier alpha value is -4.17. The first-order valence-electron chi connectivity index (χ1n) is 10.3. The van der Waals surface area contributed by atoms with Crippen molar-refractivity contribution in [3.63, 3.8) is 0 Å². The number of rotatable bonds is 5. The van der Waals surface area contributed by atoms with E-state index >= 15 is 0 Å². The van der Waals surface area contributed by atoms with Gasteiger partial charge >= 0.3 is 0 Å². The minimum atomic E-state index is -0.907. The predicted octanol–water partition coefficient (Wildman–Crippen LogP) is 6.97. The number of aromatic nitrogens is 2. The second-order valence-electron chi connectivity index (χ2n) is 7.55. The number of nitrogens with zero attached hydrogens (tertiary/aromatic N) is 2. The largest absolute Gasteiger partial charge is 0.443 e. The van der Waals surface area contributed by atoms with E-state index < -0.39 is 23.1 Å². The molecular formula is C26H17F2N3O2S. The van der Waals surface area contributed by atoms with E-state index in [1.807, 2.05) is 31.2 Å². The lowest BCUT2D eigenvalue weighted by atomic mass is 9.98. The number of aryl methyl sites for hydroxylation is 1. The molecule has 2 aromatic heterocycles. The van der Waals surface area contributed by atoms with E-state index in [0.717, 1.165) is 44.3 Å². The van der Waals surface area contributed by atoms with Crippen LogP contribution in [0.3, 0.4) is 0 Å². The second kappa shape index (κ2) is 8.99. The Morgan fingerprint density at radius 3 is 2.41 bits per heavy atom. The molecule has 1 N–H and O–H groups in total. The van der Waals surface area contributed by atoms with Gasteiger partial charge in [0, 0.05) is 17.4 Å². The molecule has 5 rings (SSSR count). The van der Waals surface area contributed by atoms with E-state index in [-0.39, 0.29) is 0 Å². The minimum absolute atomic E-state index is 0.432. The molecule has 168 valence electrons. The zero-order valence-corrected chi connectivity index (χ0v) is 18.7. The van der Waals surface area contributed by atoms with Crippen LogP contribution in [0, 0.1) is 18.6 Å². The summed E-state index contributed by atoms with van der Waals surface area (Å²) in [6.07, 6.45) is 4.80. The lowest BCUT2D eigenvalue weighted by molar-refractivity contribution is 0.101. The van der Waals surface area contributed by atoms with Gasteiger partial charge in [-0.3, -0.25) is 4.79 Å². The lowest BCUT2D eigenvalue weighted by Crippen LogP contribution is -2.15. The summed E-state index contributed by atoms with van der Waals surface area (Å²) in [5, 5.41) is 3.40. The van der Waals surface area contributed by atoms with Crippen LogP contribution in [0.4, 0.5) is 14.5 Å². The number of carbonyl (C=O) groups is 1. The van der Waals surface area contributed by atoms with Gasteiger partial charge in [-0.2, -0.15) is 0 Å². The Labute approximate surface area is 197 Å². The normalized spacial score (nSPS) is 10.9. The summed E-state index contributed by atoms with van der Waals surface area (Å²) < 4.78 is 33.1. The highest BCUT2D eigenvalue weighted by Gasteiger charge is 2.17. The molecule has 0 saturated heterocycles. The molecular weight excluding hydrogens is 456 g/mol. The highest BCUT2D eigenvalue weighted by atomic mass is 32.1. The number of hydrogen-bond donors (Lipinski definition) is 1. The molecule has 1 amide bonds. The number of carbonyl (C=O) groups excluding carboxylic acids is 1. The Bertz CT molecular complexity index is 1460. The highest BCUT2D eigenvalue weighted by Crippen LogP contribution is 2.35. The van der Waals surface area contributed by atoms with Crippen LogP contribution in [0.25, 0.3) is 32.3 Å². The average Bonchev–Trinajstić information content (AvgIpc) is 3.52. The number of amides is 1. The quantitative estimate of drug-likeness (QED) is 0.299. The maximum Gasteiger partial charge on any atom is 0.261 e. The smallest absolute Gasteiger partial charge is 0.261 e. The van der Waals surface area contributed by atoms with Gasteiger partial charge in [-0.15, -0.1) is 11.3 Å². The molecule has 0 spiro atoms. The van der Waals surface area contributed by atoms with Gasteiger partial charge < -0.3 is 9.73 Å². The van der Waals surface area contributed by atoms with E-state index in [0.29, 0.717) is 11.4 Å². The fourth-order valence-corrected chi connectivity index (χ4v) is 4.43. The van der Waals surface area contributed by atoms with Gasteiger partial charge in [-0.25, -0.2) is 18.7 Å². The van der Waals surface area contributed by atoms with Crippen LogP contribution in [0.2, 0.25) is 0 Å². The molecule has 8 heteroatoms. The zero-order chi connectivity index (χ0) is 23.7. The SMILES string of the molecule is Cc1ccc(-c2ncc(-c3cnco3)s2)cc1-c1ccc(NC(=O)c2c(F)cccc2F)cc1. The molecule has 34 heavy (non-hydrogen) atoms. The van der Waals surface area contributed by atoms with E-state index in [1.54, 1.807) is 24.5 Å². The molecule has 2 heterocycles. The van der Waals surface area contributed by atoms with E-state index in [1.165, 1.54) is 23.8 Å². The van der Waals surface area contributed by atoms with Crippen molar-refractivity contribution < 1.29 is 18.0 Å². The summed E-state index contributed by atoms with van der Waals surface area (Å²) in [7, 11) is 0. The van der Waals surface area contributed by atoms with Crippen LogP contribution in [0.15, 0.2) is 83.9 Å². The van der Waals surface area contributed by atoms with Crippen LogP contribution in [0.1, 0.15) is 15.9 Å². The number of hydrogen-bond acceptors (Lipinski definition) is 5. The highest BCUT2D eigenvalue weighted by molar-refractivity contribution is 7.18. The topological polar surface area (TPSA) is 68.0 Å². The Balaban J connectivity index is 1.39. The Kier molecular flexibility index (Phi) is 5.73. The fraction of sp³-hybridized carbons (Fsp3) is 0.0385. The van der Waals surface area contributed by atoms with Crippen molar-refractivity contribution in [1.82, 2.24) is 9.97 Å². The first-order valence-corrected chi connectivity index (χ1v) is 11.1. The zero-order valence-electron chi connectivity index (χ0n) is 17.9. The van der Waals surface area contributed by atoms with Crippen LogP contribution >= 0.6 is 11.3 Å². The third kappa shape index (κ3) is 4.23. The molecule has 3 aromatic carbocycles. The number of nitrogens with one attached hydrogen (secondary N) is 1. The second-order valence-corrected chi connectivity index (χ2v) is 8.58. The number of oxazole rings is 1. The van der Waals surface area contributed by atoms with Gasteiger partial charge in [0.2, 0.25) is 0 Å². The number of halogens is 2. The van der Waals surface area contributed by atoms with Gasteiger partial charge in [0.15, 0.2) is 12.2 Å². The maximum atomic E-state index is 13.9. The van der Waals surface area contributed by atoms with E-state index in [9.17, 15) is 13.6 Å². The molecule has 0 bridgehead atoms. The Morgan fingerprint density at radius 2 is 1.71 bits per heavy atom. The molecule has 0 unspecified atom stereocenters. The van der Waals surface area contributed by atoms with Crippen molar-refractivity contribution in [3.05, 3.63) is 102 Å². The van der Waals surface area contributed by atoms with Gasteiger partial charge in [0.25, 0.3) is 5.91 Å². The summed E-state index contributed by atoms with van der Waals surface area (Å²) in [6.45, 7) is 2.01. The summed E-state index contributed by atoms with van der Waals surface area (Å²) >= 11 is 1.51. The predicted molar refractivity (Wildman–Crippen MR) is 128 cm³/mol. The van der Waals surface area contributed by atoms with Crippen molar-refractivity contribution in [1.29, 1.82) is 0 Å². The summed E-state index contributed by atoms with van der Waals surface area (Å²) in [6, 6.07) is 16.5. The van der Waals surface area contributed by atoms with Crippen LogP contribution in [-0.2, 0) is 0 Å². The molecule has 0 aliphatic rings. The Morgan fingerprint density at radius 1 is 0.971 bits per heavy atom. The lowest BCUT2D eigenvalue weighted by Gasteiger charge is -2.11. The van der Waals surface area contributed by atoms with Crippen molar-refractivity contribution in [2.45, 2.75) is 6.92 Å². The van der Waals surface area contributed by atoms with Crippen LogP contribution in [0.5, 0.6) is 0 Å². The van der Waals surface area contributed by atoms with Gasteiger partial charge in [0.1, 0.15) is 22.2 Å². The first kappa shape index (κ1) is 21.7. The van der Waals surface area contributed by atoms with Gasteiger partial charge in [0.05, 0.1) is 11.1 Å². The molecule has 0 saturated carbocycles. The van der Waals surface area contributed by atoms with Crippen molar-refractivity contribution >= 4 is 22.9 Å². The molecule has 5 nitrogen and oxygen atoms in total. The average molecular weight is 474 g/mol. The van der Waals surface area contributed by atoms with Gasteiger partial charge in [-0.05, 0) is 53.9 Å². The number of anilines is 1. The van der Waals surface area contributed by atoms with Crippen LogP contribution in [-0.4, -0.2) is 15.9 Å². The minimum Gasteiger partial charge on any atom is -0.443 e. The first-order chi connectivity index (χ1) is 16.5. The standard InChI is InChI=1S/C26H17F2N3O2S/c1-15-5-6-17(26-30-13-23(34-26)22-12-29-14-33-22)11-19(15)16-7-9-18(10-8-16)31-25(32)24-20(27)3-2-4-21(24)28/h2-14H,1H3,(H,31,32). The molecule has 0 atom stereocenters. The van der Waals surface area contributed by atoms with E-state index in [4.69, 9.17) is 4.42 Å². The van der Waals surface area contributed by atoms with Gasteiger partial charge in [-0.1, -0.05) is 30.3 Å². The summed E-state index contributed by atoms with van der Waals surface area (Å²) in [5.74, 6) is -1.98. The molecule has 0 aliphatic heterocycles. The molecule has 0 aliphatic carbocycles. The van der Waals surface area contributed by atoms with Crippen molar-refractivity contribution in [3.8, 4) is 32.3 Å². The fourth-order valence-electron chi connectivity index (χ4n) is 3.57. The molecule has 0 fully saturated rings. The number of benzene rings is 3. The maximum absolute atomic E-state index is 13.9. The molecule has 5 aromatic rings. The van der Waals surface area contributed by atoms with Crippen LogP contribution < -0.4 is 5.32 Å². The third-order valence-electron chi connectivity index (χ3n) is 5.31.